The highest BCUT2D eigenvalue weighted by Crippen LogP contribution is 2.24. The molecular formula is C6H5F3N4O3. The van der Waals surface area contributed by atoms with Gasteiger partial charge in [-0.15, -0.1) is 5.10 Å². The molecule has 1 aromatic rings. The highest BCUT2D eigenvalue weighted by molar-refractivity contribution is 5.95. The molecule has 1 amide bonds. The molecule has 10 heteroatoms. The summed E-state index contributed by atoms with van der Waals surface area (Å²) in [7, 11) is 1.27. The van der Waals surface area contributed by atoms with Crippen LogP contribution in [0.25, 0.3) is 0 Å². The van der Waals surface area contributed by atoms with E-state index >= 15 is 0 Å². The maximum absolute atomic E-state index is 11.9. The van der Waals surface area contributed by atoms with Gasteiger partial charge in [-0.25, -0.2) is 0 Å². The van der Waals surface area contributed by atoms with Crippen molar-refractivity contribution >= 4 is 17.4 Å². The first-order valence-corrected chi connectivity index (χ1v) is 3.78. The van der Waals surface area contributed by atoms with Crippen LogP contribution in [-0.4, -0.2) is 26.8 Å². The van der Waals surface area contributed by atoms with Gasteiger partial charge in [-0.2, -0.15) is 13.2 Å². The third-order valence-corrected chi connectivity index (χ3v) is 1.50. The Morgan fingerprint density at radius 2 is 2.19 bits per heavy atom. The predicted molar refractivity (Wildman–Crippen MR) is 44.5 cm³/mol. The quantitative estimate of drug-likeness (QED) is 0.610. The number of aromatic nitrogens is 2. The molecule has 0 radical (unpaired) electrons. The van der Waals surface area contributed by atoms with Crippen LogP contribution in [0.4, 0.5) is 24.7 Å². The molecule has 0 fully saturated rings. The van der Waals surface area contributed by atoms with E-state index < -0.39 is 28.5 Å². The van der Waals surface area contributed by atoms with E-state index in [0.717, 1.165) is 10.9 Å². The van der Waals surface area contributed by atoms with Crippen molar-refractivity contribution in [3.8, 4) is 0 Å². The molecule has 16 heavy (non-hydrogen) atoms. The number of anilines is 1. The lowest BCUT2D eigenvalue weighted by molar-refractivity contribution is -0.384. The number of nitro groups is 1. The Morgan fingerprint density at radius 3 is 2.62 bits per heavy atom. The molecule has 1 heterocycles. The van der Waals surface area contributed by atoms with Crippen molar-refractivity contribution in [3.63, 3.8) is 0 Å². The Bertz CT molecular complexity index is 439. The molecular weight excluding hydrogens is 233 g/mol. The van der Waals surface area contributed by atoms with Crippen LogP contribution in [0.5, 0.6) is 0 Å². The topological polar surface area (TPSA) is 90.1 Å². The number of hydrogen-bond acceptors (Lipinski definition) is 4. The highest BCUT2D eigenvalue weighted by Gasteiger charge is 2.40. The number of alkyl halides is 3. The number of carbonyl (C=O) groups is 1. The standard InChI is InChI=1S/C6H5F3N4O3/c1-12-2-3(13(15)16)4(11-12)10-5(14)6(7,8)9/h2H,1H3,(H,10,11,14). The van der Waals surface area contributed by atoms with E-state index in [1.807, 2.05) is 0 Å². The Kier molecular flexibility index (Phi) is 2.83. The van der Waals surface area contributed by atoms with E-state index in [9.17, 15) is 28.1 Å². The summed E-state index contributed by atoms with van der Waals surface area (Å²) in [6.07, 6.45) is -4.24. The van der Waals surface area contributed by atoms with Gasteiger partial charge in [0.05, 0.1) is 4.92 Å². The number of hydrogen-bond donors (Lipinski definition) is 1. The minimum absolute atomic E-state index is 0.708. The summed E-state index contributed by atoms with van der Waals surface area (Å²) < 4.78 is 36.5. The second kappa shape index (κ2) is 3.79. The van der Waals surface area contributed by atoms with Gasteiger partial charge in [-0.05, 0) is 0 Å². The average Bonchev–Trinajstić information content (AvgIpc) is 2.45. The molecule has 0 unspecified atom stereocenters. The second-order valence-corrected chi connectivity index (χ2v) is 2.75. The number of amides is 1. The average molecular weight is 238 g/mol. The van der Waals surface area contributed by atoms with Crippen LogP contribution in [0.1, 0.15) is 0 Å². The molecule has 0 aliphatic rings. The van der Waals surface area contributed by atoms with E-state index in [1.165, 1.54) is 12.4 Å². The minimum atomic E-state index is -5.12. The zero-order valence-corrected chi connectivity index (χ0v) is 7.78. The van der Waals surface area contributed by atoms with E-state index in [0.29, 0.717) is 0 Å². The van der Waals surface area contributed by atoms with E-state index in [2.05, 4.69) is 5.10 Å². The third kappa shape index (κ3) is 2.46. The van der Waals surface area contributed by atoms with Crippen LogP contribution in [0, 0.1) is 10.1 Å². The molecule has 0 bridgehead atoms. The second-order valence-electron chi connectivity index (χ2n) is 2.75. The summed E-state index contributed by atoms with van der Waals surface area (Å²) in [5.74, 6) is -3.05. The monoisotopic (exact) mass is 238 g/mol. The lowest BCUT2D eigenvalue weighted by Gasteiger charge is -2.04. The van der Waals surface area contributed by atoms with Gasteiger partial charge in [0.25, 0.3) is 0 Å². The smallest absolute Gasteiger partial charge is 0.296 e. The van der Waals surface area contributed by atoms with Crippen LogP contribution in [-0.2, 0) is 11.8 Å². The van der Waals surface area contributed by atoms with E-state index in [1.54, 1.807) is 0 Å². The molecule has 88 valence electrons. The summed E-state index contributed by atoms with van der Waals surface area (Å²) >= 11 is 0. The van der Waals surface area contributed by atoms with Crippen LogP contribution in [0.2, 0.25) is 0 Å². The van der Waals surface area contributed by atoms with Crippen LogP contribution in [0.3, 0.4) is 0 Å². The van der Waals surface area contributed by atoms with Crippen molar-refractivity contribution in [1.82, 2.24) is 9.78 Å². The summed E-state index contributed by atoms with van der Waals surface area (Å²) in [5.41, 5.74) is -0.708. The van der Waals surface area contributed by atoms with Crippen LogP contribution >= 0.6 is 0 Å². The molecule has 0 atom stereocenters. The molecule has 1 rings (SSSR count). The van der Waals surface area contributed by atoms with Crippen molar-refractivity contribution < 1.29 is 22.9 Å². The lowest BCUT2D eigenvalue weighted by Crippen LogP contribution is -2.30. The van der Waals surface area contributed by atoms with Gasteiger partial charge in [0.2, 0.25) is 5.82 Å². The van der Waals surface area contributed by atoms with Crippen molar-refractivity contribution in [1.29, 1.82) is 0 Å². The van der Waals surface area contributed by atoms with Gasteiger partial charge in [0, 0.05) is 7.05 Å². The minimum Gasteiger partial charge on any atom is -0.296 e. The summed E-state index contributed by atoms with van der Waals surface area (Å²) in [6, 6.07) is 0. The first kappa shape index (κ1) is 11.9. The zero-order valence-electron chi connectivity index (χ0n) is 7.78. The van der Waals surface area contributed by atoms with Gasteiger partial charge >= 0.3 is 17.8 Å². The fourth-order valence-corrected chi connectivity index (χ4v) is 0.877. The number of nitrogens with one attached hydrogen (secondary N) is 1. The molecule has 1 N–H and O–H groups in total. The number of aryl methyl sites for hydroxylation is 1. The van der Waals surface area contributed by atoms with Crippen molar-refractivity contribution in [3.05, 3.63) is 16.3 Å². The predicted octanol–water partition coefficient (Wildman–Crippen LogP) is 0.829. The first-order chi connectivity index (χ1) is 7.21. The van der Waals surface area contributed by atoms with Crippen molar-refractivity contribution in [2.24, 2.45) is 7.05 Å². The normalized spacial score (nSPS) is 11.2. The molecule has 0 saturated heterocycles. The molecule has 0 aliphatic carbocycles. The third-order valence-electron chi connectivity index (χ3n) is 1.50. The number of halogens is 3. The number of carbonyl (C=O) groups excluding carboxylic acids is 1. The van der Waals surface area contributed by atoms with Crippen LogP contribution in [0.15, 0.2) is 6.20 Å². The Labute approximate surface area is 86.0 Å². The summed E-state index contributed by atoms with van der Waals surface area (Å²) in [4.78, 5) is 20.0. The SMILES string of the molecule is Cn1cc([N+](=O)[O-])c(NC(=O)C(F)(F)F)n1. The van der Waals surface area contributed by atoms with Crippen molar-refractivity contribution in [2.45, 2.75) is 6.18 Å². The molecule has 1 aromatic heterocycles. The lowest BCUT2D eigenvalue weighted by atomic mass is 10.5. The van der Waals surface area contributed by atoms with Crippen molar-refractivity contribution in [2.75, 3.05) is 5.32 Å². The maximum atomic E-state index is 11.9. The molecule has 0 spiro atoms. The molecule has 0 aliphatic heterocycles. The van der Waals surface area contributed by atoms with Gasteiger partial charge in [0.1, 0.15) is 6.20 Å². The Balaban J connectivity index is 2.98. The molecule has 0 aromatic carbocycles. The number of nitrogens with zero attached hydrogens (tertiary/aromatic N) is 3. The Morgan fingerprint density at radius 1 is 1.62 bits per heavy atom. The van der Waals surface area contributed by atoms with Gasteiger partial charge < -0.3 is 0 Å². The largest absolute Gasteiger partial charge is 0.471 e. The maximum Gasteiger partial charge on any atom is 0.471 e. The summed E-state index contributed by atoms with van der Waals surface area (Å²) in [5, 5.41) is 15.0. The highest BCUT2D eigenvalue weighted by atomic mass is 19.4. The Hall–Kier alpha value is -2.13. The van der Waals surface area contributed by atoms with Gasteiger partial charge in [0.15, 0.2) is 0 Å². The fraction of sp³-hybridized carbons (Fsp3) is 0.333. The van der Waals surface area contributed by atoms with Gasteiger partial charge in [-0.1, -0.05) is 0 Å². The van der Waals surface area contributed by atoms with Crippen LogP contribution < -0.4 is 5.32 Å². The van der Waals surface area contributed by atoms with Gasteiger partial charge in [-0.3, -0.25) is 24.9 Å². The van der Waals surface area contributed by atoms with E-state index in [4.69, 9.17) is 0 Å². The fourth-order valence-electron chi connectivity index (χ4n) is 0.877. The number of rotatable bonds is 2. The molecule has 0 saturated carbocycles. The first-order valence-electron chi connectivity index (χ1n) is 3.78. The molecule has 7 nitrogen and oxygen atoms in total. The van der Waals surface area contributed by atoms with E-state index in [-0.39, 0.29) is 0 Å². The summed E-state index contributed by atoms with van der Waals surface area (Å²) in [6.45, 7) is 0. The zero-order chi connectivity index (χ0) is 12.5.